The highest BCUT2D eigenvalue weighted by molar-refractivity contribution is 7.99. The van der Waals surface area contributed by atoms with Crippen molar-refractivity contribution in [3.05, 3.63) is 0 Å². The quantitative estimate of drug-likeness (QED) is 0.632. The van der Waals surface area contributed by atoms with Crippen LogP contribution in [0.4, 0.5) is 0 Å². The Labute approximate surface area is 125 Å². The second kappa shape index (κ2) is 10.1. The fourth-order valence-corrected chi connectivity index (χ4v) is 4.24. The summed E-state index contributed by atoms with van der Waals surface area (Å²) in [5.74, 6) is 3.27. The molecule has 0 aromatic heterocycles. The molecule has 0 spiro atoms. The molecule has 19 heavy (non-hydrogen) atoms. The Morgan fingerprint density at radius 2 is 1.79 bits per heavy atom. The molecular weight excluding hydrogens is 250 g/mol. The first-order valence-electron chi connectivity index (χ1n) is 8.56. The third-order valence-corrected chi connectivity index (χ3v) is 6.28. The van der Waals surface area contributed by atoms with Crippen LogP contribution in [0.2, 0.25) is 0 Å². The van der Waals surface area contributed by atoms with Gasteiger partial charge in [0.15, 0.2) is 0 Å². The molecule has 1 N–H and O–H groups in total. The van der Waals surface area contributed by atoms with Crippen LogP contribution in [0.15, 0.2) is 0 Å². The molecule has 0 aromatic carbocycles. The first-order chi connectivity index (χ1) is 9.21. The van der Waals surface area contributed by atoms with E-state index in [2.05, 4.69) is 44.8 Å². The molecule has 2 heteroatoms. The Balaban J connectivity index is 2.39. The molecule has 0 aliphatic heterocycles. The van der Waals surface area contributed by atoms with Crippen LogP contribution < -0.4 is 5.32 Å². The lowest BCUT2D eigenvalue weighted by molar-refractivity contribution is 0.228. The van der Waals surface area contributed by atoms with Crippen LogP contribution in [-0.4, -0.2) is 23.6 Å². The van der Waals surface area contributed by atoms with Crippen LogP contribution in [0.25, 0.3) is 0 Å². The molecule has 0 amide bonds. The van der Waals surface area contributed by atoms with E-state index in [-0.39, 0.29) is 0 Å². The van der Waals surface area contributed by atoms with Crippen molar-refractivity contribution in [1.29, 1.82) is 0 Å². The summed E-state index contributed by atoms with van der Waals surface area (Å²) in [7, 11) is 0. The zero-order valence-electron chi connectivity index (χ0n) is 13.6. The van der Waals surface area contributed by atoms with Crippen molar-refractivity contribution in [1.82, 2.24) is 5.32 Å². The van der Waals surface area contributed by atoms with Crippen LogP contribution >= 0.6 is 11.8 Å². The summed E-state index contributed by atoms with van der Waals surface area (Å²) < 4.78 is 0. The molecule has 0 aromatic rings. The molecule has 0 radical (unpaired) electrons. The lowest BCUT2D eigenvalue weighted by Crippen LogP contribution is -2.40. The van der Waals surface area contributed by atoms with Gasteiger partial charge in [-0.15, -0.1) is 0 Å². The topological polar surface area (TPSA) is 12.0 Å². The third kappa shape index (κ3) is 6.53. The lowest BCUT2D eigenvalue weighted by atomic mass is 9.78. The first kappa shape index (κ1) is 17.4. The molecular formula is C17H35NS. The van der Waals surface area contributed by atoms with Gasteiger partial charge in [-0.1, -0.05) is 47.0 Å². The minimum Gasteiger partial charge on any atom is -0.313 e. The minimum absolute atomic E-state index is 0.761. The number of thioether (sulfide) groups is 1. The highest BCUT2D eigenvalue weighted by Gasteiger charge is 2.26. The normalized spacial score (nSPS) is 27.2. The van der Waals surface area contributed by atoms with E-state index in [1.807, 2.05) is 0 Å². The van der Waals surface area contributed by atoms with E-state index in [0.717, 1.165) is 23.1 Å². The second-order valence-corrected chi connectivity index (χ2v) is 7.77. The average molecular weight is 286 g/mol. The highest BCUT2D eigenvalue weighted by atomic mass is 32.2. The lowest BCUT2D eigenvalue weighted by Gasteiger charge is -2.34. The molecule has 0 heterocycles. The Hall–Kier alpha value is 0.310. The maximum Gasteiger partial charge on any atom is 0.0186 e. The van der Waals surface area contributed by atoms with Crippen LogP contribution in [0.1, 0.15) is 72.6 Å². The largest absolute Gasteiger partial charge is 0.313 e. The van der Waals surface area contributed by atoms with Gasteiger partial charge in [-0.2, -0.15) is 11.8 Å². The van der Waals surface area contributed by atoms with Crippen LogP contribution in [0.5, 0.6) is 0 Å². The Morgan fingerprint density at radius 3 is 2.32 bits per heavy atom. The zero-order valence-corrected chi connectivity index (χ0v) is 14.4. The Bertz CT molecular complexity index is 211. The molecule has 1 aliphatic rings. The molecule has 2 atom stereocenters. The predicted molar refractivity (Wildman–Crippen MR) is 90.0 cm³/mol. The van der Waals surface area contributed by atoms with Crippen LogP contribution in [0.3, 0.4) is 0 Å². The summed E-state index contributed by atoms with van der Waals surface area (Å²) >= 11 is 2.17. The van der Waals surface area contributed by atoms with Crippen LogP contribution in [0, 0.1) is 11.8 Å². The number of nitrogens with one attached hydrogen (secondary N) is 1. The van der Waals surface area contributed by atoms with Crippen molar-refractivity contribution in [3.8, 4) is 0 Å². The molecule has 0 saturated heterocycles. The summed E-state index contributed by atoms with van der Waals surface area (Å²) in [6.07, 6.45) is 9.81. The molecule has 114 valence electrons. The van der Waals surface area contributed by atoms with E-state index in [1.54, 1.807) is 0 Å². The molecule has 2 unspecified atom stereocenters. The van der Waals surface area contributed by atoms with E-state index in [4.69, 9.17) is 0 Å². The smallest absolute Gasteiger partial charge is 0.0186 e. The number of hydrogen-bond acceptors (Lipinski definition) is 2. The fraction of sp³-hybridized carbons (Fsp3) is 1.00. The van der Waals surface area contributed by atoms with E-state index >= 15 is 0 Å². The maximum absolute atomic E-state index is 3.83. The van der Waals surface area contributed by atoms with Crippen molar-refractivity contribution in [2.75, 3.05) is 12.3 Å². The highest BCUT2D eigenvalue weighted by Crippen LogP contribution is 2.33. The van der Waals surface area contributed by atoms with E-state index < -0.39 is 0 Å². The fourth-order valence-electron chi connectivity index (χ4n) is 3.08. The van der Waals surface area contributed by atoms with Gasteiger partial charge in [-0.25, -0.2) is 0 Å². The van der Waals surface area contributed by atoms with E-state index in [0.29, 0.717) is 0 Å². The van der Waals surface area contributed by atoms with Gasteiger partial charge in [-0.3, -0.25) is 0 Å². The number of rotatable bonds is 9. The molecule has 0 bridgehead atoms. The van der Waals surface area contributed by atoms with Gasteiger partial charge in [0.1, 0.15) is 0 Å². The van der Waals surface area contributed by atoms with Crippen molar-refractivity contribution in [3.63, 3.8) is 0 Å². The predicted octanol–water partition coefficient (Wildman–Crippen LogP) is 5.10. The van der Waals surface area contributed by atoms with Gasteiger partial charge in [0, 0.05) is 17.0 Å². The maximum atomic E-state index is 3.83. The van der Waals surface area contributed by atoms with E-state index in [9.17, 15) is 0 Å². The third-order valence-electron chi connectivity index (χ3n) is 4.83. The average Bonchev–Trinajstić information content (AvgIpc) is 2.47. The molecule has 1 nitrogen and oxygen atoms in total. The summed E-state index contributed by atoms with van der Waals surface area (Å²) in [6, 6.07) is 0.761. The van der Waals surface area contributed by atoms with Crippen LogP contribution in [-0.2, 0) is 0 Å². The monoisotopic (exact) mass is 285 g/mol. The Kier molecular flexibility index (Phi) is 9.23. The van der Waals surface area contributed by atoms with Gasteiger partial charge < -0.3 is 5.32 Å². The Morgan fingerprint density at radius 1 is 1.11 bits per heavy atom. The van der Waals surface area contributed by atoms with Crippen molar-refractivity contribution in [2.45, 2.75) is 83.9 Å². The SMILES string of the molecule is CCCNC(CSC(C)CC)C1CCC(CC)CC1. The van der Waals surface area contributed by atoms with Gasteiger partial charge in [-0.05, 0) is 44.1 Å². The standard InChI is InChI=1S/C17H35NS/c1-5-12-18-17(13-19-14(4)6-2)16-10-8-15(7-3)9-11-16/h14-18H,5-13H2,1-4H3. The van der Waals surface area contributed by atoms with Gasteiger partial charge in [0.05, 0.1) is 0 Å². The van der Waals surface area contributed by atoms with Gasteiger partial charge in [0.2, 0.25) is 0 Å². The van der Waals surface area contributed by atoms with Crippen molar-refractivity contribution in [2.24, 2.45) is 11.8 Å². The second-order valence-electron chi connectivity index (χ2n) is 6.30. The summed E-state index contributed by atoms with van der Waals surface area (Å²) in [5.41, 5.74) is 0. The van der Waals surface area contributed by atoms with Gasteiger partial charge >= 0.3 is 0 Å². The molecule has 1 rings (SSSR count). The zero-order chi connectivity index (χ0) is 14.1. The summed E-state index contributed by atoms with van der Waals surface area (Å²) in [6.45, 7) is 10.5. The van der Waals surface area contributed by atoms with Crippen molar-refractivity contribution >= 4 is 11.8 Å². The minimum atomic E-state index is 0.761. The van der Waals surface area contributed by atoms with E-state index in [1.165, 1.54) is 57.2 Å². The molecule has 1 aliphatic carbocycles. The van der Waals surface area contributed by atoms with Gasteiger partial charge in [0.25, 0.3) is 0 Å². The number of hydrogen-bond donors (Lipinski definition) is 1. The first-order valence-corrected chi connectivity index (χ1v) is 9.61. The molecule has 1 saturated carbocycles. The summed E-state index contributed by atoms with van der Waals surface area (Å²) in [5, 5.41) is 4.65. The molecule has 1 fully saturated rings. The van der Waals surface area contributed by atoms with Crippen molar-refractivity contribution < 1.29 is 0 Å². The summed E-state index contributed by atoms with van der Waals surface area (Å²) in [4.78, 5) is 0.